The van der Waals surface area contributed by atoms with Gasteiger partial charge in [-0.1, -0.05) is 56.7 Å². The van der Waals surface area contributed by atoms with Gasteiger partial charge in [-0.2, -0.15) is 10.5 Å². The van der Waals surface area contributed by atoms with E-state index in [1.807, 2.05) is 18.2 Å². The monoisotopic (exact) mass is 402 g/mol. The fourth-order valence-corrected chi connectivity index (χ4v) is 5.87. The van der Waals surface area contributed by atoms with Crippen molar-refractivity contribution >= 4 is 0 Å². The summed E-state index contributed by atoms with van der Waals surface area (Å²) in [5, 5.41) is 17.5. The molecule has 0 unspecified atom stereocenters. The van der Waals surface area contributed by atoms with Crippen molar-refractivity contribution in [3.63, 3.8) is 0 Å². The first-order chi connectivity index (χ1) is 14.8. The van der Waals surface area contributed by atoms with Crippen LogP contribution in [0.4, 0.5) is 0 Å². The molecule has 0 bridgehead atoms. The van der Waals surface area contributed by atoms with Gasteiger partial charge in [-0.3, -0.25) is 0 Å². The zero-order chi connectivity index (χ0) is 21.0. The normalized spacial score (nSPS) is 26.9. The Bertz CT molecular complexity index is 717. The molecule has 30 heavy (non-hydrogen) atoms. The Morgan fingerprint density at radius 1 is 0.767 bits per heavy atom. The van der Waals surface area contributed by atoms with Crippen LogP contribution in [0.15, 0.2) is 36.4 Å². The predicted molar refractivity (Wildman–Crippen MR) is 124 cm³/mol. The molecule has 0 amide bonds. The summed E-state index contributed by atoms with van der Waals surface area (Å²) in [6.07, 6.45) is 22.8. The van der Waals surface area contributed by atoms with Crippen molar-refractivity contribution < 1.29 is 0 Å². The van der Waals surface area contributed by atoms with Gasteiger partial charge in [0.25, 0.3) is 0 Å². The van der Waals surface area contributed by atoms with Gasteiger partial charge in [0.1, 0.15) is 0 Å². The summed E-state index contributed by atoms with van der Waals surface area (Å²) in [5.41, 5.74) is 2.13. The maximum atomic E-state index is 8.89. The number of hydrogen-bond donors (Lipinski definition) is 0. The van der Waals surface area contributed by atoms with E-state index in [1.54, 1.807) is 6.08 Å². The van der Waals surface area contributed by atoms with Gasteiger partial charge in [0.2, 0.25) is 0 Å². The first-order valence-corrected chi connectivity index (χ1v) is 12.3. The Morgan fingerprint density at radius 3 is 1.93 bits per heavy atom. The highest BCUT2D eigenvalue weighted by Crippen LogP contribution is 2.43. The predicted octanol–water partition coefficient (Wildman–Crippen LogP) is 7.74. The SMILES string of the molecule is N#C/C=C/CCC1CCC(C2CCC(CCCCc3ccc(C#N)cc3)CC2)CC1. The van der Waals surface area contributed by atoms with E-state index < -0.39 is 0 Å². The molecule has 2 nitrogen and oxygen atoms in total. The highest BCUT2D eigenvalue weighted by Gasteiger charge is 2.30. The molecule has 160 valence electrons. The summed E-state index contributed by atoms with van der Waals surface area (Å²) in [6, 6.07) is 12.4. The molecule has 2 aliphatic carbocycles. The molecule has 2 heteroatoms. The summed E-state index contributed by atoms with van der Waals surface area (Å²) >= 11 is 0. The van der Waals surface area contributed by atoms with Crippen molar-refractivity contribution in [3.05, 3.63) is 47.5 Å². The number of aryl methyl sites for hydroxylation is 1. The Balaban J connectivity index is 1.26. The summed E-state index contributed by atoms with van der Waals surface area (Å²) < 4.78 is 0. The molecule has 2 fully saturated rings. The molecule has 2 saturated carbocycles. The smallest absolute Gasteiger partial charge is 0.0991 e. The van der Waals surface area contributed by atoms with Gasteiger partial charge in [0, 0.05) is 6.08 Å². The standard InChI is InChI=1S/C28H38N2/c29-21-5-1-2-6-24-13-17-27(18-14-24)28-19-15-25(16-20-28)8-4-3-7-23-9-11-26(22-30)12-10-23/h1,5,9-12,24-25,27-28H,2-4,6-8,13-20H2/b5-1+. The molecule has 0 saturated heterocycles. The summed E-state index contributed by atoms with van der Waals surface area (Å²) in [4.78, 5) is 0. The first kappa shape index (κ1) is 22.6. The van der Waals surface area contributed by atoms with Gasteiger partial charge >= 0.3 is 0 Å². The van der Waals surface area contributed by atoms with E-state index in [0.29, 0.717) is 0 Å². The number of nitrogens with zero attached hydrogens (tertiary/aromatic N) is 2. The highest BCUT2D eigenvalue weighted by atomic mass is 14.4. The molecule has 0 N–H and O–H groups in total. The van der Waals surface area contributed by atoms with Crippen LogP contribution in [0.1, 0.15) is 94.6 Å². The van der Waals surface area contributed by atoms with Crippen LogP contribution in [0.5, 0.6) is 0 Å². The summed E-state index contributed by atoms with van der Waals surface area (Å²) in [7, 11) is 0. The third-order valence-electron chi connectivity index (χ3n) is 7.79. The Morgan fingerprint density at radius 2 is 1.37 bits per heavy atom. The third-order valence-corrected chi connectivity index (χ3v) is 7.79. The van der Waals surface area contributed by atoms with Crippen LogP contribution < -0.4 is 0 Å². The molecule has 0 radical (unpaired) electrons. The van der Waals surface area contributed by atoms with Crippen molar-refractivity contribution in [3.8, 4) is 12.1 Å². The van der Waals surface area contributed by atoms with Crippen LogP contribution in [-0.2, 0) is 6.42 Å². The van der Waals surface area contributed by atoms with Crippen molar-refractivity contribution in [2.24, 2.45) is 23.7 Å². The van der Waals surface area contributed by atoms with Gasteiger partial charge in [0.05, 0.1) is 17.7 Å². The number of allylic oxidation sites excluding steroid dienone is 2. The fourth-order valence-electron chi connectivity index (χ4n) is 5.87. The fraction of sp³-hybridized carbons (Fsp3) is 0.643. The van der Waals surface area contributed by atoms with E-state index in [-0.39, 0.29) is 0 Å². The largest absolute Gasteiger partial charge is 0.193 e. The van der Waals surface area contributed by atoms with Gasteiger partial charge < -0.3 is 0 Å². The second kappa shape index (κ2) is 12.6. The highest BCUT2D eigenvalue weighted by molar-refractivity contribution is 5.31. The maximum Gasteiger partial charge on any atom is 0.0991 e. The Hall–Kier alpha value is -2.06. The van der Waals surface area contributed by atoms with E-state index in [9.17, 15) is 0 Å². The third kappa shape index (κ3) is 7.32. The number of rotatable bonds is 9. The zero-order valence-corrected chi connectivity index (χ0v) is 18.6. The minimum atomic E-state index is 0.761. The number of unbranched alkanes of at least 4 members (excludes halogenated alkanes) is 1. The van der Waals surface area contributed by atoms with Crippen LogP contribution in [0, 0.1) is 46.3 Å². The van der Waals surface area contributed by atoms with Gasteiger partial charge in [0.15, 0.2) is 0 Å². The van der Waals surface area contributed by atoms with E-state index in [2.05, 4.69) is 24.3 Å². The Labute approximate surface area is 184 Å². The van der Waals surface area contributed by atoms with Crippen molar-refractivity contribution in [2.45, 2.75) is 89.9 Å². The number of hydrogen-bond acceptors (Lipinski definition) is 2. The molecule has 0 atom stereocenters. The average molecular weight is 403 g/mol. The lowest BCUT2D eigenvalue weighted by Gasteiger charge is -2.38. The van der Waals surface area contributed by atoms with E-state index in [0.717, 1.165) is 42.1 Å². The molecular formula is C28H38N2. The molecule has 2 aliphatic rings. The van der Waals surface area contributed by atoms with Crippen LogP contribution in [0.25, 0.3) is 0 Å². The molecule has 1 aromatic carbocycles. The lowest BCUT2D eigenvalue weighted by molar-refractivity contribution is 0.140. The molecule has 1 aromatic rings. The number of benzene rings is 1. The second-order valence-electron chi connectivity index (χ2n) is 9.72. The van der Waals surface area contributed by atoms with Crippen molar-refractivity contribution in [2.75, 3.05) is 0 Å². The van der Waals surface area contributed by atoms with E-state index >= 15 is 0 Å². The zero-order valence-electron chi connectivity index (χ0n) is 18.6. The van der Waals surface area contributed by atoms with Gasteiger partial charge in [-0.15, -0.1) is 0 Å². The van der Waals surface area contributed by atoms with Crippen LogP contribution >= 0.6 is 0 Å². The molecule has 0 spiro atoms. The van der Waals surface area contributed by atoms with Crippen LogP contribution in [0.2, 0.25) is 0 Å². The first-order valence-electron chi connectivity index (χ1n) is 12.3. The molecule has 3 rings (SSSR count). The van der Waals surface area contributed by atoms with Crippen molar-refractivity contribution in [1.82, 2.24) is 0 Å². The average Bonchev–Trinajstić information content (AvgIpc) is 2.81. The van der Waals surface area contributed by atoms with E-state index in [4.69, 9.17) is 10.5 Å². The lowest BCUT2D eigenvalue weighted by atomic mass is 9.68. The topological polar surface area (TPSA) is 47.6 Å². The summed E-state index contributed by atoms with van der Waals surface area (Å²) in [6.45, 7) is 0. The minimum Gasteiger partial charge on any atom is -0.193 e. The number of nitriles is 2. The molecule has 0 aliphatic heterocycles. The van der Waals surface area contributed by atoms with Crippen LogP contribution in [-0.4, -0.2) is 0 Å². The Kier molecular flexibility index (Phi) is 9.50. The second-order valence-corrected chi connectivity index (χ2v) is 9.72. The molecular weight excluding hydrogens is 364 g/mol. The molecule has 0 heterocycles. The maximum absolute atomic E-state index is 8.89. The van der Waals surface area contributed by atoms with Gasteiger partial charge in [-0.25, -0.2) is 0 Å². The minimum absolute atomic E-state index is 0.761. The molecule has 0 aromatic heterocycles. The lowest BCUT2D eigenvalue weighted by Crippen LogP contribution is -2.25. The van der Waals surface area contributed by atoms with E-state index in [1.165, 1.54) is 82.6 Å². The van der Waals surface area contributed by atoms with Crippen molar-refractivity contribution in [1.29, 1.82) is 10.5 Å². The van der Waals surface area contributed by atoms with Gasteiger partial charge in [-0.05, 0) is 92.7 Å². The summed E-state index contributed by atoms with van der Waals surface area (Å²) in [5.74, 6) is 3.86. The van der Waals surface area contributed by atoms with Crippen LogP contribution in [0.3, 0.4) is 0 Å². The quantitative estimate of drug-likeness (QED) is 0.313.